The largest absolute Gasteiger partial charge is 0.368 e. The molecule has 4 heteroatoms. The third kappa shape index (κ3) is 2.97. The molecule has 1 rings (SSSR count). The molecule has 1 aromatic heterocycles. The highest BCUT2D eigenvalue weighted by Crippen LogP contribution is 2.10. The van der Waals surface area contributed by atoms with E-state index >= 15 is 0 Å². The number of aromatic nitrogens is 1. The van der Waals surface area contributed by atoms with Crippen LogP contribution in [0.2, 0.25) is 0 Å². The van der Waals surface area contributed by atoms with E-state index in [0.717, 1.165) is 25.1 Å². The molecule has 0 saturated carbocycles. The van der Waals surface area contributed by atoms with Gasteiger partial charge >= 0.3 is 0 Å². The van der Waals surface area contributed by atoms with Gasteiger partial charge in [0.15, 0.2) is 11.6 Å². The molecule has 0 aliphatic heterocycles. The molecule has 0 fully saturated rings. The van der Waals surface area contributed by atoms with E-state index in [2.05, 4.69) is 10.3 Å². The van der Waals surface area contributed by atoms with Gasteiger partial charge in [0, 0.05) is 12.6 Å². The van der Waals surface area contributed by atoms with Gasteiger partial charge in [0.25, 0.3) is 0 Å². The van der Waals surface area contributed by atoms with Crippen LogP contribution >= 0.6 is 0 Å². The topological polar surface area (TPSA) is 24.9 Å². The van der Waals surface area contributed by atoms with Crippen LogP contribution in [-0.2, 0) is 0 Å². The maximum absolute atomic E-state index is 12.9. The van der Waals surface area contributed by atoms with Gasteiger partial charge in [-0.25, -0.2) is 13.8 Å². The number of hydrogen-bond acceptors (Lipinski definition) is 2. The molecule has 13 heavy (non-hydrogen) atoms. The average Bonchev–Trinajstić information content (AvgIpc) is 2.09. The van der Waals surface area contributed by atoms with Crippen LogP contribution in [-0.4, -0.2) is 11.5 Å². The molecule has 0 aliphatic carbocycles. The Morgan fingerprint density at radius 1 is 1.46 bits per heavy atom. The van der Waals surface area contributed by atoms with E-state index < -0.39 is 11.6 Å². The normalized spacial score (nSPS) is 10.1. The van der Waals surface area contributed by atoms with Crippen molar-refractivity contribution >= 4 is 5.82 Å². The molecular weight excluding hydrogens is 174 g/mol. The Bertz CT molecular complexity index is 276. The van der Waals surface area contributed by atoms with Gasteiger partial charge in [0.05, 0.1) is 6.20 Å². The van der Waals surface area contributed by atoms with Gasteiger partial charge in [-0.1, -0.05) is 13.3 Å². The molecule has 0 aliphatic rings. The lowest BCUT2D eigenvalue weighted by molar-refractivity contribution is 0.575. The minimum absolute atomic E-state index is 0.120. The Hall–Kier alpha value is -1.19. The smallest absolute Gasteiger partial charge is 0.168 e. The first-order valence-corrected chi connectivity index (χ1v) is 4.29. The second-order valence-corrected chi connectivity index (χ2v) is 2.76. The van der Waals surface area contributed by atoms with Gasteiger partial charge in [-0.3, -0.25) is 0 Å². The van der Waals surface area contributed by atoms with Crippen LogP contribution in [0.15, 0.2) is 12.3 Å². The minimum atomic E-state index is -0.654. The zero-order valence-electron chi connectivity index (χ0n) is 7.48. The Morgan fingerprint density at radius 2 is 2.23 bits per heavy atom. The summed E-state index contributed by atoms with van der Waals surface area (Å²) in [6, 6.07) is 0.821. The van der Waals surface area contributed by atoms with Crippen LogP contribution in [0.4, 0.5) is 14.6 Å². The third-order valence-electron chi connectivity index (χ3n) is 1.63. The summed E-state index contributed by atoms with van der Waals surface area (Å²) in [6.07, 6.45) is 2.96. The van der Waals surface area contributed by atoms with Gasteiger partial charge in [-0.2, -0.15) is 0 Å². The zero-order chi connectivity index (χ0) is 9.68. The number of hydrogen-bond donors (Lipinski definition) is 1. The van der Waals surface area contributed by atoms with E-state index in [1.54, 1.807) is 0 Å². The fourth-order valence-corrected chi connectivity index (χ4v) is 0.928. The van der Waals surface area contributed by atoms with Crippen LogP contribution in [0.5, 0.6) is 0 Å². The quantitative estimate of drug-likeness (QED) is 0.731. The number of halogens is 2. The number of rotatable bonds is 4. The Kier molecular flexibility index (Phi) is 3.61. The third-order valence-corrected chi connectivity index (χ3v) is 1.63. The van der Waals surface area contributed by atoms with Crippen molar-refractivity contribution in [3.8, 4) is 0 Å². The van der Waals surface area contributed by atoms with Crippen LogP contribution in [0.25, 0.3) is 0 Å². The molecule has 0 bridgehead atoms. The second kappa shape index (κ2) is 4.74. The Labute approximate surface area is 76.0 Å². The lowest BCUT2D eigenvalue weighted by Crippen LogP contribution is -2.05. The molecule has 0 saturated heterocycles. The summed E-state index contributed by atoms with van der Waals surface area (Å²) in [5, 5.41) is 2.79. The van der Waals surface area contributed by atoms with Crippen molar-refractivity contribution < 1.29 is 8.78 Å². The first-order valence-electron chi connectivity index (χ1n) is 4.29. The first kappa shape index (κ1) is 9.89. The van der Waals surface area contributed by atoms with Crippen LogP contribution in [0.3, 0.4) is 0 Å². The summed E-state index contributed by atoms with van der Waals surface area (Å²) >= 11 is 0. The van der Waals surface area contributed by atoms with Gasteiger partial charge in [-0.15, -0.1) is 0 Å². The SMILES string of the molecule is CCCCNc1ncc(F)cc1F. The molecule has 0 spiro atoms. The zero-order valence-corrected chi connectivity index (χ0v) is 7.48. The van der Waals surface area contributed by atoms with E-state index in [9.17, 15) is 8.78 Å². The molecule has 72 valence electrons. The van der Waals surface area contributed by atoms with E-state index in [1.807, 2.05) is 6.92 Å². The second-order valence-electron chi connectivity index (χ2n) is 2.76. The fraction of sp³-hybridized carbons (Fsp3) is 0.444. The molecule has 2 nitrogen and oxygen atoms in total. The average molecular weight is 186 g/mol. The molecule has 0 radical (unpaired) electrons. The number of nitrogens with one attached hydrogen (secondary N) is 1. The molecule has 0 aromatic carbocycles. The summed E-state index contributed by atoms with van der Waals surface area (Å²) in [4.78, 5) is 3.59. The van der Waals surface area contributed by atoms with Crippen LogP contribution in [0, 0.1) is 11.6 Å². The van der Waals surface area contributed by atoms with Gasteiger partial charge < -0.3 is 5.32 Å². The number of pyridine rings is 1. The summed E-state index contributed by atoms with van der Waals surface area (Å²) in [5.74, 6) is -1.18. The molecule has 1 aromatic rings. The van der Waals surface area contributed by atoms with Crippen molar-refractivity contribution in [1.29, 1.82) is 0 Å². The van der Waals surface area contributed by atoms with Gasteiger partial charge in [-0.05, 0) is 6.42 Å². The molecule has 0 atom stereocenters. The van der Waals surface area contributed by atoms with Gasteiger partial charge in [0.1, 0.15) is 5.82 Å². The highest BCUT2D eigenvalue weighted by Gasteiger charge is 2.03. The van der Waals surface area contributed by atoms with Crippen molar-refractivity contribution in [3.63, 3.8) is 0 Å². The van der Waals surface area contributed by atoms with E-state index in [1.165, 1.54) is 0 Å². The van der Waals surface area contributed by atoms with Crippen molar-refractivity contribution in [1.82, 2.24) is 4.98 Å². The molecule has 1 heterocycles. The van der Waals surface area contributed by atoms with Crippen molar-refractivity contribution in [2.45, 2.75) is 19.8 Å². The minimum Gasteiger partial charge on any atom is -0.368 e. The summed E-state index contributed by atoms with van der Waals surface area (Å²) in [7, 11) is 0. The summed E-state index contributed by atoms with van der Waals surface area (Å²) in [5.41, 5.74) is 0. The number of unbranched alkanes of at least 4 members (excludes halogenated alkanes) is 1. The maximum atomic E-state index is 12.9. The summed E-state index contributed by atoms with van der Waals surface area (Å²) < 4.78 is 25.3. The maximum Gasteiger partial charge on any atom is 0.168 e. The fourth-order valence-electron chi connectivity index (χ4n) is 0.928. The monoisotopic (exact) mass is 186 g/mol. The van der Waals surface area contributed by atoms with Gasteiger partial charge in [0.2, 0.25) is 0 Å². The predicted octanol–water partition coefficient (Wildman–Crippen LogP) is 2.57. The number of nitrogens with zero attached hydrogens (tertiary/aromatic N) is 1. The Morgan fingerprint density at radius 3 is 2.85 bits per heavy atom. The van der Waals surface area contributed by atoms with E-state index in [0.29, 0.717) is 6.54 Å². The summed E-state index contributed by atoms with van der Waals surface area (Å²) in [6.45, 7) is 2.70. The van der Waals surface area contributed by atoms with Crippen molar-refractivity contribution in [3.05, 3.63) is 23.9 Å². The predicted molar refractivity (Wildman–Crippen MR) is 47.6 cm³/mol. The van der Waals surface area contributed by atoms with Crippen molar-refractivity contribution in [2.24, 2.45) is 0 Å². The van der Waals surface area contributed by atoms with Crippen LogP contribution < -0.4 is 5.32 Å². The van der Waals surface area contributed by atoms with Crippen LogP contribution in [0.1, 0.15) is 19.8 Å². The molecular formula is C9H12F2N2. The molecule has 1 N–H and O–H groups in total. The lowest BCUT2D eigenvalue weighted by atomic mass is 10.3. The van der Waals surface area contributed by atoms with E-state index in [-0.39, 0.29) is 5.82 Å². The molecule has 0 amide bonds. The highest BCUT2D eigenvalue weighted by atomic mass is 19.1. The first-order chi connectivity index (χ1) is 6.24. The number of anilines is 1. The van der Waals surface area contributed by atoms with E-state index in [4.69, 9.17) is 0 Å². The standard InChI is InChI=1S/C9H12F2N2/c1-2-3-4-12-9-8(11)5-7(10)6-13-9/h5-6H,2-4H2,1H3,(H,12,13). The lowest BCUT2D eigenvalue weighted by Gasteiger charge is -2.04. The Balaban J connectivity index is 2.56. The molecule has 0 unspecified atom stereocenters. The van der Waals surface area contributed by atoms with Crippen molar-refractivity contribution in [2.75, 3.05) is 11.9 Å². The highest BCUT2D eigenvalue weighted by molar-refractivity contribution is 5.35.